The van der Waals surface area contributed by atoms with Crippen molar-refractivity contribution in [1.29, 1.82) is 0 Å². The summed E-state index contributed by atoms with van der Waals surface area (Å²) in [5, 5.41) is 0. The number of hydrogen-bond donors (Lipinski definition) is 0. The second-order valence-electron chi connectivity index (χ2n) is 4.12. The molecule has 0 N–H and O–H groups in total. The lowest BCUT2D eigenvalue weighted by atomic mass is 10.0. The van der Waals surface area contributed by atoms with Crippen LogP contribution in [0.1, 0.15) is 0 Å². The van der Waals surface area contributed by atoms with E-state index in [1.165, 1.54) is 0 Å². The van der Waals surface area contributed by atoms with Gasteiger partial charge in [0.25, 0.3) is 0 Å². The zero-order chi connectivity index (χ0) is 13.1. The van der Waals surface area contributed by atoms with Crippen LogP contribution in [-0.4, -0.2) is 9.97 Å². The molecular weight excluding hydrogens is 300 g/mol. The van der Waals surface area contributed by atoms with Gasteiger partial charge in [-0.2, -0.15) is 0 Å². The van der Waals surface area contributed by atoms with Gasteiger partial charge < -0.3 is 0 Å². The minimum Gasteiger partial charge on any atom is -0.251 e. The molecule has 2 aromatic carbocycles. The van der Waals surface area contributed by atoms with Crippen molar-refractivity contribution in [3.05, 3.63) is 71.5 Å². The Morgan fingerprint density at radius 2 is 1.21 bits per heavy atom. The van der Waals surface area contributed by atoms with Crippen LogP contribution in [-0.2, 0) is 0 Å². The highest BCUT2D eigenvalue weighted by atomic mass is 79.9. The summed E-state index contributed by atoms with van der Waals surface area (Å²) in [6, 6.07) is 20.2. The first-order valence-corrected chi connectivity index (χ1v) is 6.77. The van der Waals surface area contributed by atoms with Crippen molar-refractivity contribution in [2.45, 2.75) is 0 Å². The third-order valence-corrected chi connectivity index (χ3v) is 3.22. The summed E-state index contributed by atoms with van der Waals surface area (Å²) in [5.74, 6) is 0. The van der Waals surface area contributed by atoms with Crippen LogP contribution >= 0.6 is 15.9 Å². The van der Waals surface area contributed by atoms with Gasteiger partial charge in [0.05, 0.1) is 17.6 Å². The summed E-state index contributed by atoms with van der Waals surface area (Å²) in [6.45, 7) is 0. The van der Waals surface area contributed by atoms with Gasteiger partial charge in [0.15, 0.2) is 0 Å². The maximum Gasteiger partial charge on any atom is 0.125 e. The summed E-state index contributed by atoms with van der Waals surface area (Å²) < 4.78 is 0.742. The summed E-state index contributed by atoms with van der Waals surface area (Å²) >= 11 is 3.39. The van der Waals surface area contributed by atoms with E-state index in [4.69, 9.17) is 0 Å². The molecule has 92 valence electrons. The molecule has 0 bridgehead atoms. The molecule has 0 radical (unpaired) electrons. The van der Waals surface area contributed by atoms with E-state index in [0.717, 1.165) is 27.1 Å². The zero-order valence-corrected chi connectivity index (χ0v) is 11.7. The number of halogens is 1. The first kappa shape index (κ1) is 12.1. The molecular formula is C16H11BrN2. The third kappa shape index (κ3) is 2.56. The van der Waals surface area contributed by atoms with E-state index in [2.05, 4.69) is 25.9 Å². The molecule has 2 nitrogen and oxygen atoms in total. The van der Waals surface area contributed by atoms with E-state index in [9.17, 15) is 0 Å². The van der Waals surface area contributed by atoms with Crippen molar-refractivity contribution in [1.82, 2.24) is 9.97 Å². The van der Waals surface area contributed by atoms with E-state index in [-0.39, 0.29) is 0 Å². The van der Waals surface area contributed by atoms with Crippen molar-refractivity contribution in [2.24, 2.45) is 0 Å². The second kappa shape index (κ2) is 5.33. The normalized spacial score (nSPS) is 10.4. The number of rotatable bonds is 2. The van der Waals surface area contributed by atoms with Crippen LogP contribution in [0.4, 0.5) is 0 Å². The van der Waals surface area contributed by atoms with Crippen LogP contribution in [0.25, 0.3) is 22.5 Å². The molecule has 0 aliphatic rings. The fourth-order valence-electron chi connectivity index (χ4n) is 1.97. The van der Waals surface area contributed by atoms with E-state index in [0.29, 0.717) is 0 Å². The molecule has 0 unspecified atom stereocenters. The predicted octanol–water partition coefficient (Wildman–Crippen LogP) is 4.57. The third-order valence-electron chi connectivity index (χ3n) is 2.84. The van der Waals surface area contributed by atoms with Crippen LogP contribution in [0.5, 0.6) is 0 Å². The molecule has 0 aliphatic heterocycles. The van der Waals surface area contributed by atoms with Crippen LogP contribution < -0.4 is 0 Å². The van der Waals surface area contributed by atoms with E-state index in [1.807, 2.05) is 60.7 Å². The molecule has 3 aromatic rings. The maximum atomic E-state index is 4.57. The summed E-state index contributed by atoms with van der Waals surface area (Å²) in [4.78, 5) is 9.09. The van der Waals surface area contributed by atoms with E-state index >= 15 is 0 Å². The first-order chi connectivity index (χ1) is 9.34. The summed E-state index contributed by atoms with van der Waals surface area (Å²) in [5.41, 5.74) is 3.92. The molecule has 0 atom stereocenters. The quantitative estimate of drug-likeness (QED) is 0.692. The van der Waals surface area contributed by atoms with E-state index < -0.39 is 0 Å². The molecule has 3 rings (SSSR count). The molecule has 0 aliphatic carbocycles. The average molecular weight is 311 g/mol. The first-order valence-electron chi connectivity index (χ1n) is 5.98. The lowest BCUT2D eigenvalue weighted by molar-refractivity contribution is 1.17. The second-order valence-corrected chi connectivity index (χ2v) is 4.93. The largest absolute Gasteiger partial charge is 0.251 e. The van der Waals surface area contributed by atoms with Gasteiger partial charge in [-0.05, 0) is 15.9 Å². The average Bonchev–Trinajstić information content (AvgIpc) is 2.49. The van der Waals surface area contributed by atoms with Crippen molar-refractivity contribution < 1.29 is 0 Å². The molecule has 0 amide bonds. The van der Waals surface area contributed by atoms with Gasteiger partial charge in [0, 0.05) is 11.1 Å². The summed E-state index contributed by atoms with van der Waals surface area (Å²) in [6.07, 6.45) is 1.73. The van der Waals surface area contributed by atoms with Crippen molar-refractivity contribution in [3.8, 4) is 22.5 Å². The van der Waals surface area contributed by atoms with E-state index in [1.54, 1.807) is 6.20 Å². The zero-order valence-electron chi connectivity index (χ0n) is 10.1. The number of benzene rings is 2. The highest BCUT2D eigenvalue weighted by molar-refractivity contribution is 9.10. The molecule has 0 saturated carbocycles. The molecule has 19 heavy (non-hydrogen) atoms. The van der Waals surface area contributed by atoms with Gasteiger partial charge in [0.1, 0.15) is 4.60 Å². The fraction of sp³-hybridized carbons (Fsp3) is 0. The molecule has 0 spiro atoms. The van der Waals surface area contributed by atoms with Crippen molar-refractivity contribution >= 4 is 15.9 Å². The standard InChI is InChI=1S/C16H11BrN2/c17-14-11-18-15(12-7-3-1-4-8-12)16(19-14)13-9-5-2-6-10-13/h1-11H. The van der Waals surface area contributed by atoms with Gasteiger partial charge in [-0.15, -0.1) is 0 Å². The van der Waals surface area contributed by atoms with Gasteiger partial charge in [0.2, 0.25) is 0 Å². The number of hydrogen-bond acceptors (Lipinski definition) is 2. The number of nitrogens with zero attached hydrogens (tertiary/aromatic N) is 2. The van der Waals surface area contributed by atoms with Crippen molar-refractivity contribution in [3.63, 3.8) is 0 Å². The Bertz CT molecular complexity index is 682. The molecule has 1 heterocycles. The highest BCUT2D eigenvalue weighted by Gasteiger charge is 2.10. The molecule has 0 saturated heterocycles. The predicted molar refractivity (Wildman–Crippen MR) is 80.6 cm³/mol. The monoisotopic (exact) mass is 310 g/mol. The van der Waals surface area contributed by atoms with Crippen LogP contribution in [0.2, 0.25) is 0 Å². The topological polar surface area (TPSA) is 25.8 Å². The minimum atomic E-state index is 0.742. The Hall–Kier alpha value is -2.00. The smallest absolute Gasteiger partial charge is 0.125 e. The molecule has 1 aromatic heterocycles. The van der Waals surface area contributed by atoms with Gasteiger partial charge >= 0.3 is 0 Å². The van der Waals surface area contributed by atoms with Crippen LogP contribution in [0.15, 0.2) is 71.5 Å². The molecule has 3 heteroatoms. The van der Waals surface area contributed by atoms with Gasteiger partial charge in [-0.25, -0.2) is 4.98 Å². The Balaban J connectivity index is 2.21. The van der Waals surface area contributed by atoms with Crippen molar-refractivity contribution in [2.75, 3.05) is 0 Å². The Morgan fingerprint density at radius 3 is 1.79 bits per heavy atom. The maximum absolute atomic E-state index is 4.57. The highest BCUT2D eigenvalue weighted by Crippen LogP contribution is 2.29. The Kier molecular flexibility index (Phi) is 3.38. The van der Waals surface area contributed by atoms with Crippen LogP contribution in [0, 0.1) is 0 Å². The van der Waals surface area contributed by atoms with Gasteiger partial charge in [-0.1, -0.05) is 60.7 Å². The Morgan fingerprint density at radius 1 is 0.684 bits per heavy atom. The fourth-order valence-corrected chi connectivity index (χ4v) is 2.25. The minimum absolute atomic E-state index is 0.742. The summed E-state index contributed by atoms with van der Waals surface area (Å²) in [7, 11) is 0. The number of aromatic nitrogens is 2. The molecule has 0 fully saturated rings. The van der Waals surface area contributed by atoms with Gasteiger partial charge in [-0.3, -0.25) is 4.98 Å². The lowest BCUT2D eigenvalue weighted by Crippen LogP contribution is -1.93. The lowest BCUT2D eigenvalue weighted by Gasteiger charge is -2.08. The Labute approximate surface area is 120 Å². The SMILES string of the molecule is Brc1cnc(-c2ccccc2)c(-c2ccccc2)n1. The van der Waals surface area contributed by atoms with Crippen LogP contribution in [0.3, 0.4) is 0 Å².